The Kier molecular flexibility index (Phi) is 5.76. The molecule has 3 rings (SSSR count). The van der Waals surface area contributed by atoms with Crippen molar-refractivity contribution in [2.45, 2.75) is 39.0 Å². The standard InChI is InChI=1S/C21H25NO4/c1-3-26-20-13-15(25-2)8-9-16(20)18-11-10-17(21(23)24)19(22-18)12-14-6-4-5-7-14/h8-11,13-14H,3-7,12H2,1-2H3,(H,23,24). The van der Waals surface area contributed by atoms with Crippen molar-refractivity contribution in [1.82, 2.24) is 4.98 Å². The maximum atomic E-state index is 11.6. The van der Waals surface area contributed by atoms with Gasteiger partial charge in [-0.2, -0.15) is 0 Å². The van der Waals surface area contributed by atoms with Crippen LogP contribution >= 0.6 is 0 Å². The third-order valence-corrected chi connectivity index (χ3v) is 4.93. The lowest BCUT2D eigenvalue weighted by Gasteiger charge is -2.15. The largest absolute Gasteiger partial charge is 0.497 e. The number of ether oxygens (including phenoxy) is 2. The van der Waals surface area contributed by atoms with E-state index in [9.17, 15) is 9.90 Å². The molecule has 1 aromatic heterocycles. The van der Waals surface area contributed by atoms with Gasteiger partial charge in [0.15, 0.2) is 0 Å². The first-order valence-electron chi connectivity index (χ1n) is 9.16. The fourth-order valence-electron chi connectivity index (χ4n) is 3.61. The van der Waals surface area contributed by atoms with E-state index in [1.54, 1.807) is 19.2 Å². The van der Waals surface area contributed by atoms with Gasteiger partial charge in [0.1, 0.15) is 11.5 Å². The van der Waals surface area contributed by atoms with Gasteiger partial charge in [0.05, 0.1) is 30.7 Å². The number of hydrogen-bond donors (Lipinski definition) is 1. The Hall–Kier alpha value is -2.56. The van der Waals surface area contributed by atoms with E-state index in [0.29, 0.717) is 35.3 Å². The summed E-state index contributed by atoms with van der Waals surface area (Å²) >= 11 is 0. The SMILES string of the molecule is CCOc1cc(OC)ccc1-c1ccc(C(=O)O)c(CC2CCCC2)n1. The van der Waals surface area contributed by atoms with Gasteiger partial charge in [-0.3, -0.25) is 4.98 Å². The molecular weight excluding hydrogens is 330 g/mol. The number of benzene rings is 1. The van der Waals surface area contributed by atoms with Crippen LogP contribution in [0.15, 0.2) is 30.3 Å². The molecule has 1 heterocycles. The number of carbonyl (C=O) groups is 1. The van der Waals surface area contributed by atoms with Crippen LogP contribution in [-0.2, 0) is 6.42 Å². The lowest BCUT2D eigenvalue weighted by atomic mass is 9.97. The van der Waals surface area contributed by atoms with Gasteiger partial charge < -0.3 is 14.6 Å². The summed E-state index contributed by atoms with van der Waals surface area (Å²) in [4.78, 5) is 16.3. The fourth-order valence-corrected chi connectivity index (χ4v) is 3.61. The molecule has 0 bridgehead atoms. The lowest BCUT2D eigenvalue weighted by Crippen LogP contribution is -2.10. The van der Waals surface area contributed by atoms with Gasteiger partial charge >= 0.3 is 5.97 Å². The highest BCUT2D eigenvalue weighted by Gasteiger charge is 2.21. The summed E-state index contributed by atoms with van der Waals surface area (Å²) in [7, 11) is 1.62. The molecular formula is C21H25NO4. The number of carboxylic acid groups (broad SMARTS) is 1. The van der Waals surface area contributed by atoms with Crippen molar-refractivity contribution in [3.8, 4) is 22.8 Å². The number of nitrogens with zero attached hydrogens (tertiary/aromatic N) is 1. The third-order valence-electron chi connectivity index (χ3n) is 4.93. The van der Waals surface area contributed by atoms with E-state index in [0.717, 1.165) is 30.5 Å². The Morgan fingerprint density at radius 2 is 2.00 bits per heavy atom. The lowest BCUT2D eigenvalue weighted by molar-refractivity contribution is 0.0695. The summed E-state index contributed by atoms with van der Waals surface area (Å²) in [5.41, 5.74) is 2.54. The second kappa shape index (κ2) is 8.21. The normalized spacial score (nSPS) is 14.4. The molecule has 1 saturated carbocycles. The van der Waals surface area contributed by atoms with Gasteiger partial charge in [-0.05, 0) is 43.5 Å². The number of rotatable bonds is 7. The quantitative estimate of drug-likeness (QED) is 0.787. The third kappa shape index (κ3) is 3.98. The molecule has 0 atom stereocenters. The smallest absolute Gasteiger partial charge is 0.337 e. The van der Waals surface area contributed by atoms with Crippen LogP contribution < -0.4 is 9.47 Å². The van der Waals surface area contributed by atoms with Crippen LogP contribution in [-0.4, -0.2) is 29.8 Å². The van der Waals surface area contributed by atoms with Crippen LogP contribution in [0.2, 0.25) is 0 Å². The summed E-state index contributed by atoms with van der Waals surface area (Å²) in [5.74, 6) is 1.01. The molecule has 0 amide bonds. The van der Waals surface area contributed by atoms with Crippen molar-refractivity contribution in [3.05, 3.63) is 41.6 Å². The molecule has 1 aromatic carbocycles. The average molecular weight is 355 g/mol. The first kappa shape index (κ1) is 18.2. The van der Waals surface area contributed by atoms with E-state index in [2.05, 4.69) is 0 Å². The monoisotopic (exact) mass is 355 g/mol. The van der Waals surface area contributed by atoms with Gasteiger partial charge in [0.2, 0.25) is 0 Å². The molecule has 5 heteroatoms. The first-order chi connectivity index (χ1) is 12.6. The minimum atomic E-state index is -0.920. The first-order valence-corrected chi connectivity index (χ1v) is 9.16. The number of carboxylic acids is 1. The summed E-state index contributed by atoms with van der Waals surface area (Å²) in [5, 5.41) is 9.53. The molecule has 0 spiro atoms. The maximum Gasteiger partial charge on any atom is 0.337 e. The van der Waals surface area contributed by atoms with E-state index in [1.807, 2.05) is 25.1 Å². The van der Waals surface area contributed by atoms with E-state index >= 15 is 0 Å². The van der Waals surface area contributed by atoms with Crippen LogP contribution in [0.5, 0.6) is 11.5 Å². The molecule has 5 nitrogen and oxygen atoms in total. The van der Waals surface area contributed by atoms with E-state index in [4.69, 9.17) is 14.5 Å². The zero-order chi connectivity index (χ0) is 18.5. The Labute approximate surface area is 154 Å². The van der Waals surface area contributed by atoms with Gasteiger partial charge in [0, 0.05) is 11.6 Å². The van der Waals surface area contributed by atoms with Gasteiger partial charge in [-0.15, -0.1) is 0 Å². The number of aromatic carboxylic acids is 1. The summed E-state index contributed by atoms with van der Waals surface area (Å²) in [6, 6.07) is 9.02. The van der Waals surface area contributed by atoms with E-state index < -0.39 is 5.97 Å². The van der Waals surface area contributed by atoms with E-state index in [1.165, 1.54) is 12.8 Å². The van der Waals surface area contributed by atoms with Crippen molar-refractivity contribution >= 4 is 5.97 Å². The topological polar surface area (TPSA) is 68.7 Å². The number of hydrogen-bond acceptors (Lipinski definition) is 4. The number of methoxy groups -OCH3 is 1. The highest BCUT2D eigenvalue weighted by molar-refractivity contribution is 5.89. The molecule has 0 saturated heterocycles. The van der Waals surface area contributed by atoms with Crippen molar-refractivity contribution < 1.29 is 19.4 Å². The maximum absolute atomic E-state index is 11.6. The molecule has 2 aromatic rings. The van der Waals surface area contributed by atoms with Crippen LogP contribution in [0.3, 0.4) is 0 Å². The predicted octanol–water partition coefficient (Wildman–Crippen LogP) is 4.59. The second-order valence-electron chi connectivity index (χ2n) is 6.65. The van der Waals surface area contributed by atoms with Crippen LogP contribution in [0.25, 0.3) is 11.3 Å². The highest BCUT2D eigenvalue weighted by atomic mass is 16.5. The van der Waals surface area contributed by atoms with Gasteiger partial charge in [0.25, 0.3) is 0 Å². The Morgan fingerprint density at radius 1 is 1.23 bits per heavy atom. The minimum absolute atomic E-state index is 0.298. The zero-order valence-corrected chi connectivity index (χ0v) is 15.3. The average Bonchev–Trinajstić information content (AvgIpc) is 3.14. The molecule has 1 fully saturated rings. The molecule has 0 aliphatic heterocycles. The summed E-state index contributed by atoms with van der Waals surface area (Å²) < 4.78 is 11.0. The number of pyridine rings is 1. The van der Waals surface area contributed by atoms with Crippen molar-refractivity contribution in [1.29, 1.82) is 0 Å². The number of aromatic nitrogens is 1. The van der Waals surface area contributed by atoms with Crippen molar-refractivity contribution in [3.63, 3.8) is 0 Å². The van der Waals surface area contributed by atoms with Crippen LogP contribution in [0, 0.1) is 5.92 Å². The van der Waals surface area contributed by atoms with Crippen LogP contribution in [0.1, 0.15) is 48.7 Å². The molecule has 0 unspecified atom stereocenters. The van der Waals surface area contributed by atoms with Gasteiger partial charge in [-0.25, -0.2) is 4.79 Å². The molecule has 1 N–H and O–H groups in total. The Bertz CT molecular complexity index is 782. The fraction of sp³-hybridized carbons (Fsp3) is 0.429. The summed E-state index contributed by atoms with van der Waals surface area (Å²) in [6.45, 7) is 2.46. The molecule has 26 heavy (non-hydrogen) atoms. The van der Waals surface area contributed by atoms with E-state index in [-0.39, 0.29) is 0 Å². The van der Waals surface area contributed by atoms with Crippen LogP contribution in [0.4, 0.5) is 0 Å². The molecule has 138 valence electrons. The molecule has 0 radical (unpaired) electrons. The predicted molar refractivity (Wildman–Crippen MR) is 100 cm³/mol. The van der Waals surface area contributed by atoms with Gasteiger partial charge in [-0.1, -0.05) is 25.7 Å². The summed E-state index contributed by atoms with van der Waals surface area (Å²) in [6.07, 6.45) is 5.46. The second-order valence-corrected chi connectivity index (χ2v) is 6.65. The zero-order valence-electron chi connectivity index (χ0n) is 15.3. The highest BCUT2D eigenvalue weighted by Crippen LogP contribution is 2.34. The van der Waals surface area contributed by atoms with Crippen molar-refractivity contribution in [2.24, 2.45) is 5.92 Å². The molecule has 1 aliphatic rings. The molecule has 1 aliphatic carbocycles. The Morgan fingerprint density at radius 3 is 2.65 bits per heavy atom. The minimum Gasteiger partial charge on any atom is -0.497 e. The Balaban J connectivity index is 2.01. The van der Waals surface area contributed by atoms with Crippen molar-refractivity contribution in [2.75, 3.05) is 13.7 Å².